The third-order valence-electron chi connectivity index (χ3n) is 1.16. The van der Waals surface area contributed by atoms with E-state index in [1.54, 1.807) is 7.11 Å². The molecule has 0 amide bonds. The first-order valence-electron chi connectivity index (χ1n) is 3.27. The topological polar surface area (TPSA) is 44.8 Å². The molecule has 4 nitrogen and oxygen atoms in total. The minimum Gasteiger partial charge on any atom is -0.429 e. The van der Waals surface area contributed by atoms with Gasteiger partial charge in [0, 0.05) is 12.9 Å². The van der Waals surface area contributed by atoms with Gasteiger partial charge in [-0.15, -0.1) is 11.8 Å². The van der Waals surface area contributed by atoms with Gasteiger partial charge in [-0.3, -0.25) is 0 Å². The Labute approximate surface area is 69.2 Å². The maximum atomic E-state index is 10.4. The number of carbonyl (C=O) groups excluding carboxylic acids is 1. The lowest BCUT2D eigenvalue weighted by molar-refractivity contribution is 0.129. The molecule has 1 atom stereocenters. The van der Waals surface area contributed by atoms with Gasteiger partial charge >= 0.3 is 6.16 Å². The molecule has 1 aliphatic heterocycles. The molecule has 11 heavy (non-hydrogen) atoms. The summed E-state index contributed by atoms with van der Waals surface area (Å²) in [4.78, 5) is 10.4. The van der Waals surface area contributed by atoms with E-state index < -0.39 is 6.16 Å². The largest absolute Gasteiger partial charge is 0.509 e. The van der Waals surface area contributed by atoms with E-state index in [-0.39, 0.29) is 5.44 Å². The van der Waals surface area contributed by atoms with Crippen LogP contribution in [0.25, 0.3) is 0 Å². The van der Waals surface area contributed by atoms with Crippen LogP contribution in [0.15, 0.2) is 0 Å². The summed E-state index contributed by atoms with van der Waals surface area (Å²) < 4.78 is 14.2. The Morgan fingerprint density at radius 2 is 2.64 bits per heavy atom. The van der Waals surface area contributed by atoms with Crippen LogP contribution in [0.2, 0.25) is 0 Å². The molecule has 1 heterocycles. The van der Waals surface area contributed by atoms with Crippen molar-refractivity contribution in [3.63, 3.8) is 0 Å². The number of ether oxygens (including phenoxy) is 3. The molecular formula is C6H10O4S. The van der Waals surface area contributed by atoms with Crippen LogP contribution in [-0.2, 0) is 14.2 Å². The maximum Gasteiger partial charge on any atom is 0.509 e. The van der Waals surface area contributed by atoms with Gasteiger partial charge in [-0.1, -0.05) is 0 Å². The van der Waals surface area contributed by atoms with Crippen molar-refractivity contribution >= 4 is 17.9 Å². The van der Waals surface area contributed by atoms with Crippen LogP contribution in [0.3, 0.4) is 0 Å². The molecule has 1 unspecified atom stereocenters. The lowest BCUT2D eigenvalue weighted by atomic mass is 10.8. The van der Waals surface area contributed by atoms with E-state index in [2.05, 4.69) is 4.74 Å². The van der Waals surface area contributed by atoms with Crippen LogP contribution >= 0.6 is 11.8 Å². The second-order valence-electron chi connectivity index (χ2n) is 1.97. The van der Waals surface area contributed by atoms with Crippen LogP contribution in [0, 0.1) is 0 Å². The molecule has 0 N–H and O–H groups in total. The van der Waals surface area contributed by atoms with E-state index in [9.17, 15) is 4.79 Å². The quantitative estimate of drug-likeness (QED) is 0.472. The first-order chi connectivity index (χ1) is 5.33. The number of hydrogen-bond donors (Lipinski definition) is 0. The predicted molar refractivity (Wildman–Crippen MR) is 40.6 cm³/mol. The van der Waals surface area contributed by atoms with Crippen molar-refractivity contribution in [1.29, 1.82) is 0 Å². The summed E-state index contributed by atoms with van der Waals surface area (Å²) in [5, 5.41) is 0. The van der Waals surface area contributed by atoms with Crippen LogP contribution < -0.4 is 0 Å². The van der Waals surface area contributed by atoms with Crippen molar-refractivity contribution in [1.82, 2.24) is 0 Å². The Morgan fingerprint density at radius 3 is 3.18 bits per heavy atom. The standard InChI is InChI=1S/C6H10O4S/c1-8-2-3-11-5-4-9-6(7)10-5/h5H,2-4H2,1H3. The molecular weight excluding hydrogens is 168 g/mol. The number of rotatable bonds is 4. The van der Waals surface area contributed by atoms with Gasteiger partial charge in [0.25, 0.3) is 0 Å². The zero-order valence-electron chi connectivity index (χ0n) is 6.24. The molecule has 0 aromatic rings. The molecule has 1 saturated heterocycles. The highest BCUT2D eigenvalue weighted by atomic mass is 32.2. The summed E-state index contributed by atoms with van der Waals surface area (Å²) in [6.07, 6.45) is -0.570. The van der Waals surface area contributed by atoms with Gasteiger partial charge in [0.05, 0.1) is 6.61 Å². The number of cyclic esters (lactones) is 2. The van der Waals surface area contributed by atoms with Gasteiger partial charge in [-0.2, -0.15) is 0 Å². The van der Waals surface area contributed by atoms with Gasteiger partial charge in [-0.05, 0) is 0 Å². The highest BCUT2D eigenvalue weighted by molar-refractivity contribution is 7.99. The van der Waals surface area contributed by atoms with Crippen molar-refractivity contribution in [2.75, 3.05) is 26.1 Å². The monoisotopic (exact) mass is 178 g/mol. The summed E-state index contributed by atoms with van der Waals surface area (Å²) in [6.45, 7) is 1.02. The fourth-order valence-corrected chi connectivity index (χ4v) is 1.49. The first kappa shape index (κ1) is 8.67. The first-order valence-corrected chi connectivity index (χ1v) is 4.32. The van der Waals surface area contributed by atoms with E-state index in [4.69, 9.17) is 9.47 Å². The van der Waals surface area contributed by atoms with Crippen molar-refractivity contribution in [3.8, 4) is 0 Å². The fraction of sp³-hybridized carbons (Fsp3) is 0.833. The molecule has 1 aliphatic rings. The lowest BCUT2D eigenvalue weighted by Crippen LogP contribution is -2.06. The SMILES string of the molecule is COCCSC1COC(=O)O1. The number of methoxy groups -OCH3 is 1. The Balaban J connectivity index is 2.04. The molecule has 0 aromatic carbocycles. The highest BCUT2D eigenvalue weighted by Gasteiger charge is 2.24. The smallest absolute Gasteiger partial charge is 0.429 e. The van der Waals surface area contributed by atoms with Crippen LogP contribution in [0.5, 0.6) is 0 Å². The van der Waals surface area contributed by atoms with E-state index in [0.29, 0.717) is 13.2 Å². The number of thioether (sulfide) groups is 1. The second-order valence-corrected chi connectivity index (χ2v) is 3.24. The minimum atomic E-state index is -0.570. The van der Waals surface area contributed by atoms with Crippen molar-refractivity contribution < 1.29 is 19.0 Å². The predicted octanol–water partition coefficient (Wildman–Crippen LogP) is 0.859. The average molecular weight is 178 g/mol. The second kappa shape index (κ2) is 4.46. The van der Waals surface area contributed by atoms with Crippen LogP contribution in [-0.4, -0.2) is 37.7 Å². The van der Waals surface area contributed by atoms with Gasteiger partial charge in [0.2, 0.25) is 0 Å². The number of carbonyl (C=O) groups is 1. The Kier molecular flexibility index (Phi) is 3.51. The fourth-order valence-electron chi connectivity index (χ4n) is 0.656. The van der Waals surface area contributed by atoms with Crippen LogP contribution in [0.1, 0.15) is 0 Å². The van der Waals surface area contributed by atoms with Crippen molar-refractivity contribution in [3.05, 3.63) is 0 Å². The van der Waals surface area contributed by atoms with Gasteiger partial charge in [0.1, 0.15) is 6.61 Å². The summed E-state index contributed by atoms with van der Waals surface area (Å²) >= 11 is 1.52. The maximum absolute atomic E-state index is 10.4. The summed E-state index contributed by atoms with van der Waals surface area (Å²) in [7, 11) is 1.64. The molecule has 5 heteroatoms. The summed E-state index contributed by atoms with van der Waals surface area (Å²) in [5.41, 5.74) is -0.141. The normalized spacial score (nSPS) is 23.0. The van der Waals surface area contributed by atoms with Crippen molar-refractivity contribution in [2.24, 2.45) is 0 Å². The van der Waals surface area contributed by atoms with E-state index >= 15 is 0 Å². The molecule has 0 bridgehead atoms. The highest BCUT2D eigenvalue weighted by Crippen LogP contribution is 2.18. The van der Waals surface area contributed by atoms with Gasteiger partial charge in [-0.25, -0.2) is 4.79 Å². The third kappa shape index (κ3) is 2.98. The molecule has 0 saturated carbocycles. The molecule has 0 aliphatic carbocycles. The summed E-state index contributed by atoms with van der Waals surface area (Å²) in [5.74, 6) is 0.817. The average Bonchev–Trinajstić information content (AvgIpc) is 2.37. The molecule has 64 valence electrons. The van der Waals surface area contributed by atoms with Crippen molar-refractivity contribution in [2.45, 2.75) is 5.44 Å². The molecule has 1 fully saturated rings. The zero-order valence-corrected chi connectivity index (χ0v) is 7.06. The zero-order chi connectivity index (χ0) is 8.10. The van der Waals surface area contributed by atoms with E-state index in [1.165, 1.54) is 11.8 Å². The Bertz CT molecular complexity index is 139. The number of hydrogen-bond acceptors (Lipinski definition) is 5. The summed E-state index contributed by atoms with van der Waals surface area (Å²) in [6, 6.07) is 0. The Morgan fingerprint density at radius 1 is 1.82 bits per heavy atom. The van der Waals surface area contributed by atoms with Gasteiger partial charge < -0.3 is 14.2 Å². The van der Waals surface area contributed by atoms with Crippen LogP contribution in [0.4, 0.5) is 4.79 Å². The minimum absolute atomic E-state index is 0.141. The van der Waals surface area contributed by atoms with Gasteiger partial charge in [0.15, 0.2) is 5.44 Å². The lowest BCUT2D eigenvalue weighted by Gasteiger charge is -2.03. The molecule has 0 radical (unpaired) electrons. The molecule has 0 spiro atoms. The van der Waals surface area contributed by atoms with E-state index in [0.717, 1.165) is 5.75 Å². The molecule has 0 aromatic heterocycles. The third-order valence-corrected chi connectivity index (χ3v) is 2.16. The van der Waals surface area contributed by atoms with E-state index in [1.807, 2.05) is 0 Å². The Hall–Kier alpha value is -0.420. The molecule has 1 rings (SSSR count).